The monoisotopic (exact) mass is 212 g/mol. The summed E-state index contributed by atoms with van der Waals surface area (Å²) < 4.78 is 0. The van der Waals surface area contributed by atoms with Gasteiger partial charge >= 0.3 is 0 Å². The number of thioether (sulfide) groups is 1. The summed E-state index contributed by atoms with van der Waals surface area (Å²) in [5, 5.41) is 9.38. The first-order valence-corrected chi connectivity index (χ1v) is 5.64. The van der Waals surface area contributed by atoms with Gasteiger partial charge in [-0.25, -0.2) is 4.98 Å². The van der Waals surface area contributed by atoms with Crippen LogP contribution in [-0.2, 0) is 11.3 Å². The van der Waals surface area contributed by atoms with Crippen LogP contribution < -0.4 is 5.32 Å². The van der Waals surface area contributed by atoms with Crippen LogP contribution in [0, 0.1) is 0 Å². The summed E-state index contributed by atoms with van der Waals surface area (Å²) in [6.45, 7) is 0.440. The molecule has 0 radical (unpaired) electrons. The molecule has 0 saturated carbocycles. The number of H-pyrrole nitrogens is 1. The second-order valence-corrected chi connectivity index (χ2v) is 4.46. The van der Waals surface area contributed by atoms with E-state index in [-0.39, 0.29) is 11.2 Å². The molecule has 1 aliphatic heterocycles. The van der Waals surface area contributed by atoms with Crippen molar-refractivity contribution in [3.8, 4) is 0 Å². The number of aromatic amines is 1. The van der Waals surface area contributed by atoms with Crippen molar-refractivity contribution in [2.45, 2.75) is 24.6 Å². The van der Waals surface area contributed by atoms with Crippen LogP contribution >= 0.6 is 11.8 Å². The minimum Gasteiger partial charge on any atom is -0.348 e. The molecule has 5 nitrogen and oxygen atoms in total. The molecular formula is C8H12N4OS. The predicted molar refractivity (Wildman–Crippen MR) is 53.7 cm³/mol. The fourth-order valence-corrected chi connectivity index (χ4v) is 2.57. The van der Waals surface area contributed by atoms with Gasteiger partial charge in [-0.15, -0.1) is 11.8 Å². The number of hydrogen-bond donors (Lipinski definition) is 2. The summed E-state index contributed by atoms with van der Waals surface area (Å²) in [5.74, 6) is 1.91. The normalized spacial score (nSPS) is 21.0. The number of carbonyl (C=O) groups excluding carboxylic acids is 1. The predicted octanol–water partition coefficient (Wildman–Crippen LogP) is 0.316. The summed E-state index contributed by atoms with van der Waals surface area (Å²) in [7, 11) is 0. The SMILES string of the molecule is O=C(NCc1ncn[nH]1)C1CCCS1. The average molecular weight is 212 g/mol. The maximum Gasteiger partial charge on any atom is 0.233 e. The van der Waals surface area contributed by atoms with Crippen LogP contribution in [0.15, 0.2) is 6.33 Å². The average Bonchev–Trinajstić information content (AvgIpc) is 2.87. The highest BCUT2D eigenvalue weighted by atomic mass is 32.2. The van der Waals surface area contributed by atoms with Gasteiger partial charge in [0, 0.05) is 0 Å². The molecule has 0 aliphatic carbocycles. The molecule has 1 aromatic rings. The number of rotatable bonds is 3. The van der Waals surface area contributed by atoms with E-state index >= 15 is 0 Å². The van der Waals surface area contributed by atoms with Gasteiger partial charge in [-0.1, -0.05) is 0 Å². The van der Waals surface area contributed by atoms with Crippen molar-refractivity contribution in [1.82, 2.24) is 20.5 Å². The van der Waals surface area contributed by atoms with E-state index in [1.807, 2.05) is 0 Å². The molecule has 1 atom stereocenters. The van der Waals surface area contributed by atoms with Crippen molar-refractivity contribution >= 4 is 17.7 Å². The van der Waals surface area contributed by atoms with Crippen LogP contribution in [0.5, 0.6) is 0 Å². The van der Waals surface area contributed by atoms with Gasteiger partial charge in [0.15, 0.2) is 0 Å². The Hall–Kier alpha value is -1.04. The quantitative estimate of drug-likeness (QED) is 0.757. The molecule has 2 rings (SSSR count). The lowest BCUT2D eigenvalue weighted by Crippen LogP contribution is -2.31. The number of amides is 1. The molecular weight excluding hydrogens is 200 g/mol. The molecule has 0 aromatic carbocycles. The number of nitrogens with one attached hydrogen (secondary N) is 2. The Balaban J connectivity index is 1.77. The Kier molecular flexibility index (Phi) is 3.03. The molecule has 0 spiro atoms. The standard InChI is InChI=1S/C8H12N4OS/c13-8(6-2-1-3-14-6)9-4-7-10-5-11-12-7/h5-6H,1-4H2,(H,9,13)(H,10,11,12). The van der Waals surface area contributed by atoms with E-state index in [0.29, 0.717) is 12.4 Å². The van der Waals surface area contributed by atoms with Gasteiger partial charge in [-0.3, -0.25) is 9.89 Å². The lowest BCUT2D eigenvalue weighted by atomic mass is 10.2. The molecule has 1 amide bonds. The molecule has 76 valence electrons. The maximum atomic E-state index is 11.5. The second kappa shape index (κ2) is 4.45. The van der Waals surface area contributed by atoms with Gasteiger partial charge < -0.3 is 5.32 Å². The molecule has 2 N–H and O–H groups in total. The van der Waals surface area contributed by atoms with Crippen LogP contribution in [0.4, 0.5) is 0 Å². The van der Waals surface area contributed by atoms with E-state index in [9.17, 15) is 4.79 Å². The van der Waals surface area contributed by atoms with E-state index in [0.717, 1.165) is 18.6 Å². The van der Waals surface area contributed by atoms with Crippen molar-refractivity contribution in [3.05, 3.63) is 12.2 Å². The molecule has 1 unspecified atom stereocenters. The topological polar surface area (TPSA) is 70.7 Å². The van der Waals surface area contributed by atoms with E-state index in [2.05, 4.69) is 20.5 Å². The molecule has 14 heavy (non-hydrogen) atoms. The van der Waals surface area contributed by atoms with Gasteiger partial charge in [0.05, 0.1) is 11.8 Å². The van der Waals surface area contributed by atoms with Gasteiger partial charge in [0.1, 0.15) is 12.2 Å². The molecule has 2 heterocycles. The summed E-state index contributed by atoms with van der Waals surface area (Å²) in [6.07, 6.45) is 3.57. The lowest BCUT2D eigenvalue weighted by molar-refractivity contribution is -0.120. The Morgan fingerprint density at radius 2 is 2.71 bits per heavy atom. The van der Waals surface area contributed by atoms with Gasteiger partial charge in [0.25, 0.3) is 0 Å². The minimum atomic E-state index is 0.115. The zero-order valence-corrected chi connectivity index (χ0v) is 8.51. The van der Waals surface area contributed by atoms with Crippen molar-refractivity contribution in [3.63, 3.8) is 0 Å². The Morgan fingerprint density at radius 3 is 3.36 bits per heavy atom. The summed E-state index contributed by atoms with van der Waals surface area (Å²) in [6, 6.07) is 0. The third kappa shape index (κ3) is 2.25. The zero-order chi connectivity index (χ0) is 9.80. The van der Waals surface area contributed by atoms with E-state index in [1.165, 1.54) is 6.33 Å². The summed E-state index contributed by atoms with van der Waals surface area (Å²) in [5.41, 5.74) is 0. The van der Waals surface area contributed by atoms with Crippen molar-refractivity contribution in [1.29, 1.82) is 0 Å². The maximum absolute atomic E-state index is 11.5. The molecule has 1 aliphatic rings. The largest absolute Gasteiger partial charge is 0.348 e. The first-order valence-electron chi connectivity index (χ1n) is 4.60. The first-order chi connectivity index (χ1) is 6.86. The van der Waals surface area contributed by atoms with E-state index in [1.54, 1.807) is 11.8 Å². The third-order valence-electron chi connectivity index (χ3n) is 2.12. The van der Waals surface area contributed by atoms with Crippen LogP contribution in [-0.4, -0.2) is 32.1 Å². The molecule has 1 aromatic heterocycles. The van der Waals surface area contributed by atoms with Crippen molar-refractivity contribution < 1.29 is 4.79 Å². The third-order valence-corrected chi connectivity index (χ3v) is 3.49. The Labute approximate surface area is 86.1 Å². The highest BCUT2D eigenvalue weighted by Crippen LogP contribution is 2.25. The molecule has 1 saturated heterocycles. The van der Waals surface area contributed by atoms with Gasteiger partial charge in [0.2, 0.25) is 5.91 Å². The highest BCUT2D eigenvalue weighted by Gasteiger charge is 2.22. The number of hydrogen-bond acceptors (Lipinski definition) is 4. The fourth-order valence-electron chi connectivity index (χ4n) is 1.39. The Bertz CT molecular complexity index is 294. The molecule has 0 bridgehead atoms. The van der Waals surface area contributed by atoms with Crippen LogP contribution in [0.25, 0.3) is 0 Å². The fraction of sp³-hybridized carbons (Fsp3) is 0.625. The van der Waals surface area contributed by atoms with E-state index in [4.69, 9.17) is 0 Å². The smallest absolute Gasteiger partial charge is 0.233 e. The van der Waals surface area contributed by atoms with Crippen LogP contribution in [0.2, 0.25) is 0 Å². The van der Waals surface area contributed by atoms with Crippen LogP contribution in [0.3, 0.4) is 0 Å². The molecule has 6 heteroatoms. The van der Waals surface area contributed by atoms with Crippen molar-refractivity contribution in [2.24, 2.45) is 0 Å². The number of carbonyl (C=O) groups is 1. The van der Waals surface area contributed by atoms with E-state index < -0.39 is 0 Å². The lowest BCUT2D eigenvalue weighted by Gasteiger charge is -2.07. The second-order valence-electron chi connectivity index (χ2n) is 3.15. The molecule has 1 fully saturated rings. The minimum absolute atomic E-state index is 0.115. The summed E-state index contributed by atoms with van der Waals surface area (Å²) in [4.78, 5) is 15.5. The van der Waals surface area contributed by atoms with Crippen molar-refractivity contribution in [2.75, 3.05) is 5.75 Å². The summed E-state index contributed by atoms with van der Waals surface area (Å²) >= 11 is 1.73. The first kappa shape index (κ1) is 9.51. The zero-order valence-electron chi connectivity index (χ0n) is 7.69. The highest BCUT2D eigenvalue weighted by molar-refractivity contribution is 8.00. The number of nitrogens with zero attached hydrogens (tertiary/aromatic N) is 2. The van der Waals surface area contributed by atoms with Crippen LogP contribution in [0.1, 0.15) is 18.7 Å². The number of aromatic nitrogens is 3. The Morgan fingerprint density at radius 1 is 1.79 bits per heavy atom. The van der Waals surface area contributed by atoms with Gasteiger partial charge in [-0.05, 0) is 18.6 Å². The van der Waals surface area contributed by atoms with Gasteiger partial charge in [-0.2, -0.15) is 5.10 Å².